The number of amides is 1. The zero-order valence-corrected chi connectivity index (χ0v) is 14.7. The van der Waals surface area contributed by atoms with Crippen LogP contribution in [0, 0.1) is 5.92 Å². The monoisotopic (exact) mass is 331 g/mol. The normalized spacial score (nSPS) is 21.5. The fraction of sp³-hybridized carbons (Fsp3) is 0.684. The van der Waals surface area contributed by atoms with Crippen molar-refractivity contribution in [2.75, 3.05) is 26.2 Å². The Bertz CT molecular complexity index is 528. The molecule has 1 aromatic rings. The van der Waals surface area contributed by atoms with Crippen LogP contribution in [0.5, 0.6) is 5.88 Å². The van der Waals surface area contributed by atoms with Gasteiger partial charge < -0.3 is 10.1 Å². The van der Waals surface area contributed by atoms with Gasteiger partial charge in [0.05, 0.1) is 12.2 Å². The van der Waals surface area contributed by atoms with E-state index in [4.69, 9.17) is 4.74 Å². The Morgan fingerprint density at radius 2 is 2.21 bits per heavy atom. The third kappa shape index (κ3) is 4.94. The molecule has 1 aliphatic carbocycles. The van der Waals surface area contributed by atoms with Crippen LogP contribution in [-0.4, -0.2) is 48.1 Å². The average Bonchev–Trinajstić information content (AvgIpc) is 3.45. The number of pyridine rings is 1. The predicted molar refractivity (Wildman–Crippen MR) is 94.3 cm³/mol. The molecule has 2 fully saturated rings. The number of likely N-dealkylation sites (tertiary alicyclic amines) is 1. The number of ether oxygens (including phenoxy) is 1. The first kappa shape index (κ1) is 17.2. The van der Waals surface area contributed by atoms with E-state index in [1.165, 1.54) is 38.5 Å². The van der Waals surface area contributed by atoms with Gasteiger partial charge in [0, 0.05) is 31.4 Å². The second-order valence-corrected chi connectivity index (χ2v) is 6.99. The summed E-state index contributed by atoms with van der Waals surface area (Å²) < 4.78 is 5.60. The molecule has 1 saturated heterocycles. The maximum absolute atomic E-state index is 12.2. The Labute approximate surface area is 144 Å². The number of piperidine rings is 1. The number of nitrogens with zero attached hydrogens (tertiary/aromatic N) is 2. The molecule has 1 aliphatic heterocycles. The lowest BCUT2D eigenvalue weighted by Crippen LogP contribution is -2.43. The second kappa shape index (κ2) is 8.47. The van der Waals surface area contributed by atoms with Crippen LogP contribution < -0.4 is 10.1 Å². The van der Waals surface area contributed by atoms with E-state index in [9.17, 15) is 4.79 Å². The molecular weight excluding hydrogens is 302 g/mol. The van der Waals surface area contributed by atoms with Crippen LogP contribution in [0.25, 0.3) is 0 Å². The van der Waals surface area contributed by atoms with Crippen molar-refractivity contribution in [3.63, 3.8) is 0 Å². The van der Waals surface area contributed by atoms with Gasteiger partial charge in [0.1, 0.15) is 0 Å². The summed E-state index contributed by atoms with van der Waals surface area (Å²) in [7, 11) is 0. The molecule has 0 bridgehead atoms. The summed E-state index contributed by atoms with van der Waals surface area (Å²) in [5, 5.41) is 3.01. The molecule has 2 heterocycles. The topological polar surface area (TPSA) is 54.5 Å². The SMILES string of the molecule is CCC1CCCCN1CCNC(=O)c1ccc(OCC2CC2)nc1. The molecule has 5 nitrogen and oxygen atoms in total. The van der Waals surface area contributed by atoms with Crippen molar-refractivity contribution in [1.29, 1.82) is 0 Å². The lowest BCUT2D eigenvalue weighted by atomic mass is 10.0. The molecule has 132 valence electrons. The molecule has 1 saturated carbocycles. The molecule has 0 aromatic carbocycles. The quantitative estimate of drug-likeness (QED) is 0.796. The van der Waals surface area contributed by atoms with Gasteiger partial charge in [0.25, 0.3) is 5.91 Å². The smallest absolute Gasteiger partial charge is 0.252 e. The van der Waals surface area contributed by atoms with Gasteiger partial charge in [-0.15, -0.1) is 0 Å². The Balaban J connectivity index is 1.40. The van der Waals surface area contributed by atoms with Crippen LogP contribution >= 0.6 is 0 Å². The standard InChI is InChI=1S/C19H29N3O2/c1-2-17-5-3-4-11-22(17)12-10-20-19(23)16-8-9-18(21-13-16)24-14-15-6-7-15/h8-9,13,15,17H,2-7,10-12,14H2,1H3,(H,20,23). The minimum Gasteiger partial charge on any atom is -0.477 e. The highest BCUT2D eigenvalue weighted by Crippen LogP contribution is 2.29. The molecule has 1 amide bonds. The molecule has 0 radical (unpaired) electrons. The van der Waals surface area contributed by atoms with E-state index in [0.29, 0.717) is 29.9 Å². The molecule has 0 spiro atoms. The van der Waals surface area contributed by atoms with Crippen LogP contribution in [0.1, 0.15) is 55.8 Å². The molecule has 5 heteroatoms. The van der Waals surface area contributed by atoms with Gasteiger partial charge in [-0.1, -0.05) is 13.3 Å². The molecular formula is C19H29N3O2. The largest absolute Gasteiger partial charge is 0.477 e. The van der Waals surface area contributed by atoms with Crippen molar-refractivity contribution < 1.29 is 9.53 Å². The van der Waals surface area contributed by atoms with Gasteiger partial charge in [0.2, 0.25) is 5.88 Å². The zero-order chi connectivity index (χ0) is 16.8. The number of rotatable bonds is 8. The lowest BCUT2D eigenvalue weighted by Gasteiger charge is -2.35. The summed E-state index contributed by atoms with van der Waals surface area (Å²) in [6.07, 6.45) is 9.22. The van der Waals surface area contributed by atoms with E-state index >= 15 is 0 Å². The second-order valence-electron chi connectivity index (χ2n) is 6.99. The van der Waals surface area contributed by atoms with Gasteiger partial charge >= 0.3 is 0 Å². The fourth-order valence-corrected chi connectivity index (χ4v) is 3.32. The van der Waals surface area contributed by atoms with Crippen LogP contribution in [0.4, 0.5) is 0 Å². The molecule has 1 unspecified atom stereocenters. The highest BCUT2D eigenvalue weighted by molar-refractivity contribution is 5.93. The van der Waals surface area contributed by atoms with Crippen LogP contribution in [0.15, 0.2) is 18.3 Å². The van der Waals surface area contributed by atoms with E-state index in [0.717, 1.165) is 19.7 Å². The molecule has 1 aromatic heterocycles. The van der Waals surface area contributed by atoms with E-state index in [1.807, 2.05) is 0 Å². The minimum absolute atomic E-state index is 0.0544. The lowest BCUT2D eigenvalue weighted by molar-refractivity contribution is 0.0933. The minimum atomic E-state index is -0.0544. The van der Waals surface area contributed by atoms with Crippen molar-refractivity contribution in [3.8, 4) is 5.88 Å². The first-order valence-corrected chi connectivity index (χ1v) is 9.37. The summed E-state index contributed by atoms with van der Waals surface area (Å²) in [6, 6.07) is 4.26. The Morgan fingerprint density at radius 3 is 2.92 bits per heavy atom. The number of hydrogen-bond acceptors (Lipinski definition) is 4. The summed E-state index contributed by atoms with van der Waals surface area (Å²) in [4.78, 5) is 19.0. The van der Waals surface area contributed by atoms with Crippen LogP contribution in [-0.2, 0) is 0 Å². The molecule has 1 N–H and O–H groups in total. The predicted octanol–water partition coefficient (Wildman–Crippen LogP) is 2.86. The molecule has 1 atom stereocenters. The van der Waals surface area contributed by atoms with Crippen molar-refractivity contribution in [2.45, 2.75) is 51.5 Å². The van der Waals surface area contributed by atoms with Gasteiger partial charge in [0.15, 0.2) is 0 Å². The fourth-order valence-electron chi connectivity index (χ4n) is 3.32. The van der Waals surface area contributed by atoms with E-state index in [-0.39, 0.29) is 5.91 Å². The summed E-state index contributed by atoms with van der Waals surface area (Å²) in [6.45, 7) is 5.77. The number of nitrogens with one attached hydrogen (secondary N) is 1. The summed E-state index contributed by atoms with van der Waals surface area (Å²) >= 11 is 0. The van der Waals surface area contributed by atoms with E-state index in [2.05, 4.69) is 22.1 Å². The third-order valence-electron chi connectivity index (χ3n) is 5.07. The molecule has 2 aliphatic rings. The Morgan fingerprint density at radius 1 is 1.33 bits per heavy atom. The highest BCUT2D eigenvalue weighted by atomic mass is 16.5. The van der Waals surface area contributed by atoms with Gasteiger partial charge in [-0.05, 0) is 50.6 Å². The number of carbonyl (C=O) groups excluding carboxylic acids is 1. The van der Waals surface area contributed by atoms with Crippen molar-refractivity contribution in [2.24, 2.45) is 5.92 Å². The number of hydrogen-bond donors (Lipinski definition) is 1. The third-order valence-corrected chi connectivity index (χ3v) is 5.07. The number of carbonyl (C=O) groups is 1. The Kier molecular flexibility index (Phi) is 6.07. The number of aromatic nitrogens is 1. The van der Waals surface area contributed by atoms with Crippen molar-refractivity contribution >= 4 is 5.91 Å². The van der Waals surface area contributed by atoms with E-state index < -0.39 is 0 Å². The molecule has 24 heavy (non-hydrogen) atoms. The Hall–Kier alpha value is -1.62. The first-order valence-electron chi connectivity index (χ1n) is 9.37. The van der Waals surface area contributed by atoms with Gasteiger partial charge in [-0.2, -0.15) is 0 Å². The zero-order valence-electron chi connectivity index (χ0n) is 14.7. The van der Waals surface area contributed by atoms with Crippen molar-refractivity contribution in [1.82, 2.24) is 15.2 Å². The maximum Gasteiger partial charge on any atom is 0.252 e. The van der Waals surface area contributed by atoms with E-state index in [1.54, 1.807) is 18.3 Å². The summed E-state index contributed by atoms with van der Waals surface area (Å²) in [5.74, 6) is 1.26. The molecule has 3 rings (SSSR count). The average molecular weight is 331 g/mol. The maximum atomic E-state index is 12.2. The highest BCUT2D eigenvalue weighted by Gasteiger charge is 2.22. The van der Waals surface area contributed by atoms with Crippen LogP contribution in [0.2, 0.25) is 0 Å². The van der Waals surface area contributed by atoms with Crippen molar-refractivity contribution in [3.05, 3.63) is 23.9 Å². The van der Waals surface area contributed by atoms with Gasteiger partial charge in [-0.25, -0.2) is 4.98 Å². The summed E-state index contributed by atoms with van der Waals surface area (Å²) in [5.41, 5.74) is 0.597. The van der Waals surface area contributed by atoms with Crippen LogP contribution in [0.3, 0.4) is 0 Å². The first-order chi connectivity index (χ1) is 11.8. The van der Waals surface area contributed by atoms with Gasteiger partial charge in [-0.3, -0.25) is 9.69 Å².